The van der Waals surface area contributed by atoms with Crippen molar-refractivity contribution in [3.8, 4) is 0 Å². The summed E-state index contributed by atoms with van der Waals surface area (Å²) in [6.07, 6.45) is 3.70. The van der Waals surface area contributed by atoms with Crippen LogP contribution in [0.1, 0.15) is 38.2 Å². The van der Waals surface area contributed by atoms with E-state index in [0.717, 1.165) is 25.7 Å². The number of thiol groups is 1. The molecule has 1 unspecified atom stereocenters. The second-order valence-electron chi connectivity index (χ2n) is 8.02. The van der Waals surface area contributed by atoms with E-state index in [1.165, 1.54) is 5.56 Å². The Hall–Kier alpha value is -1.60. The number of benzene rings is 1. The van der Waals surface area contributed by atoms with Crippen LogP contribution in [0.4, 0.5) is 4.79 Å². The van der Waals surface area contributed by atoms with Crippen molar-refractivity contribution in [1.82, 2.24) is 15.1 Å². The second kappa shape index (κ2) is 7.19. The van der Waals surface area contributed by atoms with Gasteiger partial charge in [0.15, 0.2) is 0 Å². The standard InChI is InChI=1S/C19H29N3O3S/c1-15(26(24)25)13-22-14-18(20-17(22)23)9-11-19(12-10-18,21(2)3)16-7-5-4-6-8-16/h4-8,15,26H,9-14H2,1-3H3,(H,20,23). The first kappa shape index (κ1) is 19.2. The number of carbonyl (C=O) groups is 1. The molecule has 0 bridgehead atoms. The first-order valence-corrected chi connectivity index (χ1v) is 10.5. The quantitative estimate of drug-likeness (QED) is 0.765. The zero-order valence-corrected chi connectivity index (χ0v) is 16.7. The van der Waals surface area contributed by atoms with E-state index in [0.29, 0.717) is 6.54 Å². The van der Waals surface area contributed by atoms with Crippen molar-refractivity contribution in [2.24, 2.45) is 0 Å². The zero-order chi connectivity index (χ0) is 18.9. The number of amides is 2. The third-order valence-corrected chi connectivity index (χ3v) is 7.08. The first-order chi connectivity index (χ1) is 12.3. The Morgan fingerprint density at radius 1 is 1.15 bits per heavy atom. The number of urea groups is 1. The molecule has 1 saturated heterocycles. The molecule has 0 aromatic heterocycles. The minimum Gasteiger partial charge on any atom is -0.331 e. The lowest BCUT2D eigenvalue weighted by molar-refractivity contribution is 0.0620. The van der Waals surface area contributed by atoms with Crippen molar-refractivity contribution >= 4 is 16.7 Å². The summed E-state index contributed by atoms with van der Waals surface area (Å²) in [5, 5.41) is 2.65. The molecular weight excluding hydrogens is 350 g/mol. The fraction of sp³-hybridized carbons (Fsp3) is 0.632. The molecule has 144 valence electrons. The summed E-state index contributed by atoms with van der Waals surface area (Å²) >= 11 is 0. The van der Waals surface area contributed by atoms with Crippen molar-refractivity contribution in [3.05, 3.63) is 35.9 Å². The minimum atomic E-state index is -2.51. The van der Waals surface area contributed by atoms with E-state index in [9.17, 15) is 13.2 Å². The highest BCUT2D eigenvalue weighted by Crippen LogP contribution is 2.45. The van der Waals surface area contributed by atoms with Gasteiger partial charge in [-0.05, 0) is 52.3 Å². The Bertz CT molecular complexity index is 717. The van der Waals surface area contributed by atoms with Crippen LogP contribution >= 0.6 is 0 Å². The van der Waals surface area contributed by atoms with Gasteiger partial charge in [0, 0.05) is 18.6 Å². The molecule has 1 heterocycles. The van der Waals surface area contributed by atoms with Gasteiger partial charge in [0.05, 0.1) is 10.8 Å². The average molecular weight is 380 g/mol. The molecule has 7 heteroatoms. The third kappa shape index (κ3) is 3.47. The smallest absolute Gasteiger partial charge is 0.318 e. The van der Waals surface area contributed by atoms with Gasteiger partial charge in [-0.25, -0.2) is 13.2 Å². The minimum absolute atomic E-state index is 0.0176. The molecule has 1 aromatic rings. The van der Waals surface area contributed by atoms with Crippen LogP contribution in [0.25, 0.3) is 0 Å². The zero-order valence-electron chi connectivity index (χ0n) is 15.8. The number of carbonyl (C=O) groups excluding carboxylic acids is 1. The summed E-state index contributed by atoms with van der Waals surface area (Å²) in [4.78, 5) is 16.3. The van der Waals surface area contributed by atoms with E-state index >= 15 is 0 Å². The van der Waals surface area contributed by atoms with Gasteiger partial charge in [-0.15, -0.1) is 0 Å². The van der Waals surface area contributed by atoms with Crippen molar-refractivity contribution in [3.63, 3.8) is 0 Å². The molecule has 1 spiro atoms. The monoisotopic (exact) mass is 379 g/mol. The predicted molar refractivity (Wildman–Crippen MR) is 103 cm³/mol. The lowest BCUT2D eigenvalue weighted by atomic mass is 9.69. The molecule has 1 atom stereocenters. The summed E-state index contributed by atoms with van der Waals surface area (Å²) in [5.74, 6) is 0. The molecule has 2 fully saturated rings. The van der Waals surface area contributed by atoms with Gasteiger partial charge in [-0.2, -0.15) is 0 Å². The maximum Gasteiger partial charge on any atom is 0.318 e. The van der Waals surface area contributed by atoms with Crippen molar-refractivity contribution in [1.29, 1.82) is 0 Å². The van der Waals surface area contributed by atoms with Gasteiger partial charge >= 0.3 is 6.03 Å². The van der Waals surface area contributed by atoms with Gasteiger partial charge in [0.1, 0.15) is 10.7 Å². The Labute approximate surface area is 157 Å². The third-order valence-electron chi connectivity index (χ3n) is 6.20. The SMILES string of the molecule is CC(CN1CC2(CCC(c3ccccc3)(N(C)C)CC2)NC1=O)[SH](=O)=O. The molecule has 6 nitrogen and oxygen atoms in total. The van der Waals surface area contributed by atoms with Gasteiger partial charge in [-0.3, -0.25) is 4.90 Å². The molecule has 1 aliphatic carbocycles. The number of hydrogen-bond acceptors (Lipinski definition) is 4. The maximum absolute atomic E-state index is 12.4. The van der Waals surface area contributed by atoms with Crippen LogP contribution in [-0.2, 0) is 16.2 Å². The summed E-state index contributed by atoms with van der Waals surface area (Å²) in [7, 11) is 1.74. The van der Waals surface area contributed by atoms with Crippen LogP contribution in [0.2, 0.25) is 0 Å². The molecule has 1 N–H and O–H groups in total. The van der Waals surface area contributed by atoms with Crippen LogP contribution in [-0.4, -0.2) is 62.2 Å². The Morgan fingerprint density at radius 2 is 1.77 bits per heavy atom. The highest BCUT2D eigenvalue weighted by atomic mass is 32.2. The van der Waals surface area contributed by atoms with E-state index in [2.05, 4.69) is 48.6 Å². The Morgan fingerprint density at radius 3 is 2.31 bits per heavy atom. The van der Waals surface area contributed by atoms with E-state index in [1.54, 1.807) is 11.8 Å². The predicted octanol–water partition coefficient (Wildman–Crippen LogP) is 1.78. The average Bonchev–Trinajstić information content (AvgIpc) is 2.91. The molecule has 1 aromatic carbocycles. The lowest BCUT2D eigenvalue weighted by Gasteiger charge is -2.48. The van der Waals surface area contributed by atoms with E-state index in [1.807, 2.05) is 6.07 Å². The van der Waals surface area contributed by atoms with Crippen LogP contribution in [0.15, 0.2) is 30.3 Å². The van der Waals surface area contributed by atoms with Crippen molar-refractivity contribution < 1.29 is 13.2 Å². The topological polar surface area (TPSA) is 69.7 Å². The molecule has 0 radical (unpaired) electrons. The van der Waals surface area contributed by atoms with Crippen LogP contribution in [0.5, 0.6) is 0 Å². The Kier molecular flexibility index (Phi) is 5.30. The maximum atomic E-state index is 12.4. The normalized spacial score (nSPS) is 30.2. The lowest BCUT2D eigenvalue weighted by Crippen LogP contribution is -2.54. The number of rotatable bonds is 5. The fourth-order valence-electron chi connectivity index (χ4n) is 4.48. The first-order valence-electron chi connectivity index (χ1n) is 9.22. The molecular formula is C19H29N3O3S. The molecule has 2 amide bonds. The fourth-order valence-corrected chi connectivity index (χ4v) is 4.81. The number of nitrogens with one attached hydrogen (secondary N) is 1. The summed E-state index contributed by atoms with van der Waals surface area (Å²) in [6.45, 7) is 2.51. The van der Waals surface area contributed by atoms with Gasteiger partial charge < -0.3 is 10.2 Å². The molecule has 2 aliphatic rings. The van der Waals surface area contributed by atoms with Crippen LogP contribution < -0.4 is 5.32 Å². The summed E-state index contributed by atoms with van der Waals surface area (Å²) < 4.78 is 22.3. The van der Waals surface area contributed by atoms with Crippen LogP contribution in [0.3, 0.4) is 0 Å². The van der Waals surface area contributed by atoms with Gasteiger partial charge in [-0.1, -0.05) is 30.3 Å². The van der Waals surface area contributed by atoms with Gasteiger partial charge in [0.2, 0.25) is 0 Å². The molecule has 1 saturated carbocycles. The van der Waals surface area contributed by atoms with Crippen molar-refractivity contribution in [2.45, 2.75) is 48.9 Å². The van der Waals surface area contributed by atoms with Crippen LogP contribution in [0, 0.1) is 0 Å². The largest absolute Gasteiger partial charge is 0.331 e. The molecule has 3 rings (SSSR count). The van der Waals surface area contributed by atoms with Crippen molar-refractivity contribution in [2.75, 3.05) is 27.2 Å². The molecule has 26 heavy (non-hydrogen) atoms. The summed E-state index contributed by atoms with van der Waals surface area (Å²) in [6, 6.07) is 10.4. The summed E-state index contributed by atoms with van der Waals surface area (Å²) in [5.41, 5.74) is 1.06. The number of hydrogen-bond donors (Lipinski definition) is 2. The molecule has 1 aliphatic heterocycles. The Balaban J connectivity index is 1.74. The van der Waals surface area contributed by atoms with E-state index < -0.39 is 16.0 Å². The van der Waals surface area contributed by atoms with E-state index in [4.69, 9.17) is 0 Å². The van der Waals surface area contributed by atoms with Gasteiger partial charge in [0.25, 0.3) is 0 Å². The van der Waals surface area contributed by atoms with E-state index in [-0.39, 0.29) is 23.7 Å². The highest BCUT2D eigenvalue weighted by Gasteiger charge is 2.50. The highest BCUT2D eigenvalue weighted by molar-refractivity contribution is 7.73. The number of nitrogens with zero attached hydrogens (tertiary/aromatic N) is 2. The second-order valence-corrected chi connectivity index (χ2v) is 9.47.